The second kappa shape index (κ2) is 5.04. The number of rotatable bonds is 2. The molecule has 5 heteroatoms. The summed E-state index contributed by atoms with van der Waals surface area (Å²) in [7, 11) is 1.40. The number of carbonyl (C=O) groups excluding carboxylic acids is 1. The Morgan fingerprint density at radius 2 is 2.12 bits per heavy atom. The average molecular weight is 254 g/mol. The zero-order chi connectivity index (χ0) is 12.4. The molecule has 2 heterocycles. The highest BCUT2D eigenvalue weighted by Crippen LogP contribution is 2.29. The first kappa shape index (κ1) is 12.4. The molecule has 1 fully saturated rings. The summed E-state index contributed by atoms with van der Waals surface area (Å²) in [5, 5.41) is 0.934. The molecule has 1 aliphatic rings. The quantitative estimate of drug-likeness (QED) is 0.760. The van der Waals surface area contributed by atoms with Crippen LogP contribution < -0.4 is 4.90 Å². The van der Waals surface area contributed by atoms with Gasteiger partial charge in [-0.05, 0) is 18.3 Å². The molecule has 1 aromatic rings. The van der Waals surface area contributed by atoms with E-state index in [4.69, 9.17) is 4.74 Å². The molecule has 0 N–H and O–H groups in total. The van der Waals surface area contributed by atoms with E-state index in [0.29, 0.717) is 16.7 Å². The van der Waals surface area contributed by atoms with Crippen molar-refractivity contribution in [2.45, 2.75) is 20.3 Å². The molecule has 1 aromatic heterocycles. The van der Waals surface area contributed by atoms with Crippen molar-refractivity contribution in [3.8, 4) is 0 Å². The molecule has 1 saturated heterocycles. The van der Waals surface area contributed by atoms with E-state index in [-0.39, 0.29) is 5.97 Å². The molecule has 0 saturated carbocycles. The van der Waals surface area contributed by atoms with Gasteiger partial charge < -0.3 is 9.64 Å². The van der Waals surface area contributed by atoms with Gasteiger partial charge in [-0.25, -0.2) is 9.78 Å². The van der Waals surface area contributed by atoms with Gasteiger partial charge in [0.1, 0.15) is 4.88 Å². The maximum atomic E-state index is 11.4. The Morgan fingerprint density at radius 1 is 1.47 bits per heavy atom. The number of hydrogen-bond acceptors (Lipinski definition) is 5. The molecule has 0 aliphatic carbocycles. The number of thiazole rings is 1. The van der Waals surface area contributed by atoms with Crippen LogP contribution in [0.5, 0.6) is 0 Å². The molecule has 0 bridgehead atoms. The summed E-state index contributed by atoms with van der Waals surface area (Å²) in [6.07, 6.45) is 2.88. The van der Waals surface area contributed by atoms with E-state index < -0.39 is 0 Å². The zero-order valence-electron chi connectivity index (χ0n) is 10.5. The first-order valence-electron chi connectivity index (χ1n) is 5.89. The van der Waals surface area contributed by atoms with Gasteiger partial charge in [-0.2, -0.15) is 0 Å². The van der Waals surface area contributed by atoms with Crippen molar-refractivity contribution in [1.29, 1.82) is 0 Å². The van der Waals surface area contributed by atoms with E-state index in [1.807, 2.05) is 0 Å². The predicted molar refractivity (Wildman–Crippen MR) is 68.6 cm³/mol. The lowest BCUT2D eigenvalue weighted by atomic mass is 9.92. The summed E-state index contributed by atoms with van der Waals surface area (Å²) in [5.41, 5.74) is 0. The van der Waals surface area contributed by atoms with Crippen molar-refractivity contribution in [3.05, 3.63) is 11.1 Å². The summed E-state index contributed by atoms with van der Waals surface area (Å²) in [6, 6.07) is 0. The van der Waals surface area contributed by atoms with E-state index in [1.165, 1.54) is 24.9 Å². The monoisotopic (exact) mass is 254 g/mol. The topological polar surface area (TPSA) is 42.4 Å². The van der Waals surface area contributed by atoms with Crippen LogP contribution in [0.3, 0.4) is 0 Å². The summed E-state index contributed by atoms with van der Waals surface area (Å²) in [4.78, 5) is 18.5. The van der Waals surface area contributed by atoms with Crippen molar-refractivity contribution >= 4 is 22.4 Å². The molecule has 4 nitrogen and oxygen atoms in total. The number of piperidine rings is 1. The maximum Gasteiger partial charge on any atom is 0.349 e. The van der Waals surface area contributed by atoms with Crippen LogP contribution >= 0.6 is 11.3 Å². The van der Waals surface area contributed by atoms with Gasteiger partial charge in [0.05, 0.1) is 13.3 Å². The Kier molecular flexibility index (Phi) is 3.66. The van der Waals surface area contributed by atoms with E-state index >= 15 is 0 Å². The Hall–Kier alpha value is -1.10. The highest BCUT2D eigenvalue weighted by atomic mass is 32.1. The van der Waals surface area contributed by atoms with Gasteiger partial charge in [-0.3, -0.25) is 0 Å². The van der Waals surface area contributed by atoms with Crippen molar-refractivity contribution in [3.63, 3.8) is 0 Å². The first-order valence-corrected chi connectivity index (χ1v) is 6.71. The van der Waals surface area contributed by atoms with Crippen LogP contribution in [-0.4, -0.2) is 31.2 Å². The molecule has 2 unspecified atom stereocenters. The number of anilines is 1. The minimum absolute atomic E-state index is 0.299. The number of esters is 1. The lowest BCUT2D eigenvalue weighted by Crippen LogP contribution is -2.38. The molecule has 17 heavy (non-hydrogen) atoms. The highest BCUT2D eigenvalue weighted by molar-refractivity contribution is 7.17. The molecule has 0 amide bonds. The molecule has 2 atom stereocenters. The lowest BCUT2D eigenvalue weighted by Gasteiger charge is -2.34. The summed E-state index contributed by atoms with van der Waals surface area (Å²) in [5.74, 6) is 1.07. The van der Waals surface area contributed by atoms with E-state index in [2.05, 4.69) is 23.7 Å². The minimum atomic E-state index is -0.299. The van der Waals surface area contributed by atoms with Crippen LogP contribution in [0.25, 0.3) is 0 Å². The standard InChI is InChI=1S/C12H18N2O2S/c1-8-4-9(2)7-14(6-8)12-13-5-10(17-12)11(15)16-3/h5,8-9H,4,6-7H2,1-3H3. The van der Waals surface area contributed by atoms with E-state index in [9.17, 15) is 4.79 Å². The van der Waals surface area contributed by atoms with Gasteiger partial charge in [0.15, 0.2) is 5.13 Å². The van der Waals surface area contributed by atoms with Crippen LogP contribution in [0.1, 0.15) is 29.9 Å². The van der Waals surface area contributed by atoms with Crippen LogP contribution in [0, 0.1) is 11.8 Å². The third kappa shape index (κ3) is 2.77. The number of nitrogens with zero attached hydrogens (tertiary/aromatic N) is 2. The summed E-state index contributed by atoms with van der Waals surface area (Å²) in [6.45, 7) is 6.58. The van der Waals surface area contributed by atoms with Crippen molar-refractivity contribution in [2.24, 2.45) is 11.8 Å². The zero-order valence-corrected chi connectivity index (χ0v) is 11.3. The number of aromatic nitrogens is 1. The normalized spacial score (nSPS) is 24.8. The van der Waals surface area contributed by atoms with Crippen LogP contribution in [-0.2, 0) is 4.74 Å². The number of ether oxygens (including phenoxy) is 1. The second-order valence-electron chi connectivity index (χ2n) is 4.85. The number of carbonyl (C=O) groups is 1. The fourth-order valence-electron chi connectivity index (χ4n) is 2.43. The van der Waals surface area contributed by atoms with Gasteiger partial charge in [0.25, 0.3) is 0 Å². The molecule has 0 spiro atoms. The average Bonchev–Trinajstić information content (AvgIpc) is 2.76. The molecular weight excluding hydrogens is 236 g/mol. The summed E-state index contributed by atoms with van der Waals surface area (Å²) >= 11 is 1.42. The van der Waals surface area contributed by atoms with Crippen LogP contribution in [0.4, 0.5) is 5.13 Å². The fourth-order valence-corrected chi connectivity index (χ4v) is 3.28. The second-order valence-corrected chi connectivity index (χ2v) is 5.86. The first-order chi connectivity index (χ1) is 8.10. The number of methoxy groups -OCH3 is 1. The third-order valence-electron chi connectivity index (χ3n) is 3.02. The van der Waals surface area contributed by atoms with Crippen molar-refractivity contribution < 1.29 is 9.53 Å². The van der Waals surface area contributed by atoms with E-state index in [1.54, 1.807) is 6.20 Å². The molecular formula is C12H18N2O2S. The lowest BCUT2D eigenvalue weighted by molar-refractivity contribution is 0.0606. The van der Waals surface area contributed by atoms with Crippen LogP contribution in [0.15, 0.2) is 6.20 Å². The van der Waals surface area contributed by atoms with Gasteiger partial charge in [-0.15, -0.1) is 0 Å². The van der Waals surface area contributed by atoms with Crippen LogP contribution in [0.2, 0.25) is 0 Å². The third-order valence-corrected chi connectivity index (χ3v) is 4.06. The molecule has 94 valence electrons. The van der Waals surface area contributed by atoms with Gasteiger partial charge >= 0.3 is 5.97 Å². The minimum Gasteiger partial charge on any atom is -0.465 e. The van der Waals surface area contributed by atoms with Gasteiger partial charge in [0, 0.05) is 13.1 Å². The largest absolute Gasteiger partial charge is 0.465 e. The molecule has 1 aliphatic heterocycles. The van der Waals surface area contributed by atoms with Gasteiger partial charge in [-0.1, -0.05) is 25.2 Å². The molecule has 2 rings (SSSR count). The van der Waals surface area contributed by atoms with E-state index in [0.717, 1.165) is 18.2 Å². The van der Waals surface area contributed by atoms with Gasteiger partial charge in [0.2, 0.25) is 0 Å². The fraction of sp³-hybridized carbons (Fsp3) is 0.667. The Labute approximate surface area is 106 Å². The maximum absolute atomic E-state index is 11.4. The van der Waals surface area contributed by atoms with Crippen molar-refractivity contribution in [2.75, 3.05) is 25.1 Å². The predicted octanol–water partition coefficient (Wildman–Crippen LogP) is 2.41. The number of hydrogen-bond donors (Lipinski definition) is 0. The Balaban J connectivity index is 2.11. The van der Waals surface area contributed by atoms with Crippen molar-refractivity contribution in [1.82, 2.24) is 4.98 Å². The highest BCUT2D eigenvalue weighted by Gasteiger charge is 2.24. The Bertz CT molecular complexity index is 395. The Morgan fingerprint density at radius 3 is 2.71 bits per heavy atom. The summed E-state index contributed by atoms with van der Waals surface area (Å²) < 4.78 is 4.69. The molecule has 0 aromatic carbocycles. The smallest absolute Gasteiger partial charge is 0.349 e. The molecule has 0 radical (unpaired) electrons. The SMILES string of the molecule is COC(=O)c1cnc(N2CC(C)CC(C)C2)s1.